The molecule has 2 aliphatic heterocycles. The summed E-state index contributed by atoms with van der Waals surface area (Å²) in [5.74, 6) is 0. The molecule has 0 aromatic heterocycles. The van der Waals surface area contributed by atoms with Gasteiger partial charge in [-0.1, -0.05) is 30.3 Å². The average molecular weight is 242 g/mol. The monoisotopic (exact) mass is 241 g/mol. The molecule has 0 N–H and O–H groups in total. The highest BCUT2D eigenvalue weighted by Gasteiger charge is 2.55. The largest absolute Gasteiger partial charge is 0.319 e. The molecule has 2 heterocycles. The fourth-order valence-corrected chi connectivity index (χ4v) is 4.85. The van der Waals surface area contributed by atoms with Crippen LogP contribution in [0, 0.1) is 0 Å². The molecule has 0 bridgehead atoms. The van der Waals surface area contributed by atoms with Gasteiger partial charge in [-0.2, -0.15) is 0 Å². The number of hydrogen-bond acceptors (Lipinski definition) is 2. The van der Waals surface area contributed by atoms with Gasteiger partial charge in [-0.25, -0.2) is 4.67 Å². The third-order valence-electron chi connectivity index (χ3n) is 3.44. The number of benzene rings is 1. The first-order valence-corrected chi connectivity index (χ1v) is 7.31. The van der Waals surface area contributed by atoms with Crippen LogP contribution in [0.25, 0.3) is 0 Å². The molecule has 2 saturated heterocycles. The van der Waals surface area contributed by atoms with Crippen molar-refractivity contribution in [2.45, 2.75) is 25.0 Å². The summed E-state index contributed by atoms with van der Waals surface area (Å²) in [6.07, 6.45) is 1.19. The minimum absolute atomic E-state index is 0.201. The maximum Gasteiger partial charge on any atom is 0.208 e. The molecular formula is C11H13ClNOP. The van der Waals surface area contributed by atoms with Gasteiger partial charge in [0.25, 0.3) is 0 Å². The average Bonchev–Trinajstić information content (AvgIpc) is 2.33. The van der Waals surface area contributed by atoms with Crippen molar-refractivity contribution in [2.24, 2.45) is 0 Å². The molecule has 3 rings (SSSR count). The van der Waals surface area contributed by atoms with E-state index in [0.717, 1.165) is 6.54 Å². The molecule has 15 heavy (non-hydrogen) atoms. The summed E-state index contributed by atoms with van der Waals surface area (Å²) in [6.45, 7) is 3.24. The van der Waals surface area contributed by atoms with E-state index in [0.29, 0.717) is 6.04 Å². The van der Waals surface area contributed by atoms with Crippen molar-refractivity contribution in [2.75, 3.05) is 6.54 Å². The number of hydrogen-bond donors (Lipinski definition) is 0. The topological polar surface area (TPSA) is 12.5 Å². The van der Waals surface area contributed by atoms with Crippen molar-refractivity contribution in [3.8, 4) is 0 Å². The van der Waals surface area contributed by atoms with Gasteiger partial charge in [0.1, 0.15) is 5.60 Å². The lowest BCUT2D eigenvalue weighted by Crippen LogP contribution is -2.49. The number of rotatable bonds is 1. The smallest absolute Gasteiger partial charge is 0.208 e. The van der Waals surface area contributed by atoms with Gasteiger partial charge in [-0.15, -0.1) is 0 Å². The van der Waals surface area contributed by atoms with Crippen LogP contribution in [0.1, 0.15) is 18.9 Å². The number of fused-ring (bicyclic) bond motifs is 1. The van der Waals surface area contributed by atoms with Crippen LogP contribution in [0.4, 0.5) is 0 Å². The highest BCUT2D eigenvalue weighted by Crippen LogP contribution is 2.66. The lowest BCUT2D eigenvalue weighted by Gasteiger charge is -2.40. The second-order valence-electron chi connectivity index (χ2n) is 4.26. The molecule has 2 fully saturated rings. The Morgan fingerprint density at radius 1 is 1.47 bits per heavy atom. The van der Waals surface area contributed by atoms with Gasteiger partial charge in [-0.05, 0) is 30.1 Å². The van der Waals surface area contributed by atoms with Gasteiger partial charge in [0, 0.05) is 6.54 Å². The zero-order chi connectivity index (χ0) is 10.5. The number of nitrogens with zero attached hydrogens (tertiary/aromatic N) is 1. The van der Waals surface area contributed by atoms with Crippen LogP contribution in [0.5, 0.6) is 0 Å². The van der Waals surface area contributed by atoms with Crippen molar-refractivity contribution in [1.82, 2.24) is 4.67 Å². The third-order valence-corrected chi connectivity index (χ3v) is 5.64. The van der Waals surface area contributed by atoms with E-state index in [1.807, 2.05) is 6.07 Å². The summed E-state index contributed by atoms with van der Waals surface area (Å²) in [7, 11) is -0.885. The maximum absolute atomic E-state index is 6.21. The SMILES string of the molecule is C[C@@]1(c2ccccc2)OP(Cl)N2CC[C@H]21. The van der Waals surface area contributed by atoms with Gasteiger partial charge in [0.05, 0.1) is 6.04 Å². The normalized spacial score (nSPS) is 39.9. The molecule has 4 heteroatoms. The molecule has 0 saturated carbocycles. The van der Waals surface area contributed by atoms with Crippen LogP contribution in [0.3, 0.4) is 0 Å². The second kappa shape index (κ2) is 3.43. The van der Waals surface area contributed by atoms with Crippen LogP contribution >= 0.6 is 18.9 Å². The van der Waals surface area contributed by atoms with Gasteiger partial charge < -0.3 is 4.52 Å². The summed E-state index contributed by atoms with van der Waals surface area (Å²) in [6, 6.07) is 10.9. The molecule has 0 spiro atoms. The first-order valence-electron chi connectivity index (χ1n) is 5.19. The Morgan fingerprint density at radius 3 is 2.73 bits per heavy atom. The van der Waals surface area contributed by atoms with Crippen LogP contribution < -0.4 is 0 Å². The van der Waals surface area contributed by atoms with E-state index >= 15 is 0 Å². The van der Waals surface area contributed by atoms with Crippen molar-refractivity contribution in [3.63, 3.8) is 0 Å². The highest BCUT2D eigenvalue weighted by molar-refractivity contribution is 7.78. The van der Waals surface area contributed by atoms with Crippen molar-refractivity contribution >= 4 is 18.9 Å². The third kappa shape index (κ3) is 1.36. The summed E-state index contributed by atoms with van der Waals surface area (Å²) in [5, 5.41) is 0. The van der Waals surface area contributed by atoms with Crippen LogP contribution in [0.15, 0.2) is 30.3 Å². The zero-order valence-electron chi connectivity index (χ0n) is 8.56. The molecule has 1 aromatic rings. The zero-order valence-corrected chi connectivity index (χ0v) is 10.2. The summed E-state index contributed by atoms with van der Waals surface area (Å²) in [5.41, 5.74) is 1.04. The standard InChI is InChI=1S/C11H13ClNOP/c1-11(9-5-3-2-4-6-9)10-7-8-13(10)15(12)14-11/h2-6,10H,7-8H2,1H3/t10-,11-,15?/m0/s1. The van der Waals surface area contributed by atoms with E-state index in [-0.39, 0.29) is 5.60 Å². The first kappa shape index (κ1) is 10.0. The van der Waals surface area contributed by atoms with Gasteiger partial charge in [0.15, 0.2) is 0 Å². The summed E-state index contributed by atoms with van der Waals surface area (Å²) < 4.78 is 8.26. The number of halogens is 1. The Labute approximate surface area is 95.9 Å². The van der Waals surface area contributed by atoms with E-state index in [9.17, 15) is 0 Å². The molecule has 0 radical (unpaired) electrons. The highest BCUT2D eigenvalue weighted by atomic mass is 35.7. The Hall–Kier alpha value is -0.140. The summed E-state index contributed by atoms with van der Waals surface area (Å²) >= 11 is 6.21. The van der Waals surface area contributed by atoms with Gasteiger partial charge >= 0.3 is 0 Å². The second-order valence-corrected chi connectivity index (χ2v) is 6.27. The van der Waals surface area contributed by atoms with Crippen molar-refractivity contribution < 1.29 is 4.52 Å². The molecule has 0 aliphatic carbocycles. The molecule has 0 amide bonds. The molecule has 1 unspecified atom stereocenters. The summed E-state index contributed by atoms with van der Waals surface area (Å²) in [4.78, 5) is 0. The quantitative estimate of drug-likeness (QED) is 0.698. The van der Waals surface area contributed by atoms with Crippen molar-refractivity contribution in [3.05, 3.63) is 35.9 Å². The van der Waals surface area contributed by atoms with E-state index < -0.39 is 7.65 Å². The van der Waals surface area contributed by atoms with E-state index in [2.05, 4.69) is 35.9 Å². The molecule has 2 aliphatic rings. The molecule has 1 aromatic carbocycles. The Balaban J connectivity index is 1.98. The lowest BCUT2D eigenvalue weighted by atomic mass is 9.83. The minimum atomic E-state index is -0.885. The predicted molar refractivity (Wildman–Crippen MR) is 62.8 cm³/mol. The van der Waals surface area contributed by atoms with E-state index in [1.165, 1.54) is 12.0 Å². The maximum atomic E-state index is 6.21. The Morgan fingerprint density at radius 2 is 2.20 bits per heavy atom. The van der Waals surface area contributed by atoms with Gasteiger partial charge in [-0.3, -0.25) is 0 Å². The van der Waals surface area contributed by atoms with Crippen LogP contribution in [-0.2, 0) is 10.1 Å². The lowest BCUT2D eigenvalue weighted by molar-refractivity contribution is 0.0407. The van der Waals surface area contributed by atoms with Crippen LogP contribution in [-0.4, -0.2) is 17.3 Å². The molecule has 2 nitrogen and oxygen atoms in total. The minimum Gasteiger partial charge on any atom is -0.319 e. The molecular weight excluding hydrogens is 229 g/mol. The molecule has 3 atom stereocenters. The van der Waals surface area contributed by atoms with E-state index in [4.69, 9.17) is 15.8 Å². The fraction of sp³-hybridized carbons (Fsp3) is 0.455. The van der Waals surface area contributed by atoms with Crippen LogP contribution in [0.2, 0.25) is 0 Å². The fourth-order valence-electron chi connectivity index (χ4n) is 2.41. The van der Waals surface area contributed by atoms with E-state index in [1.54, 1.807) is 0 Å². The predicted octanol–water partition coefficient (Wildman–Crippen LogP) is 3.47. The first-order chi connectivity index (χ1) is 7.22. The molecule has 80 valence electrons. The Kier molecular flexibility index (Phi) is 2.29. The Bertz CT molecular complexity index is 374. The van der Waals surface area contributed by atoms with Crippen molar-refractivity contribution in [1.29, 1.82) is 0 Å². The van der Waals surface area contributed by atoms with Gasteiger partial charge in [0.2, 0.25) is 7.65 Å².